The zero-order valence-electron chi connectivity index (χ0n) is 43.5. The number of halogens is 7. The first-order valence-corrected chi connectivity index (χ1v) is 25.2. The molecule has 4 amide bonds. The van der Waals surface area contributed by atoms with Crippen molar-refractivity contribution in [2.24, 2.45) is 11.5 Å². The zero-order valence-corrected chi connectivity index (χ0v) is 45.1. The Morgan fingerprint density at radius 2 is 1.13 bits per heavy atom. The van der Waals surface area contributed by atoms with Crippen LogP contribution in [0.1, 0.15) is 57.5 Å². The molecule has 8 rings (SSSR count). The number of hydrogen-bond donors (Lipinski definition) is 8. The molecular weight excluding hydrogens is 1160 g/mol. The molecule has 10 N–H and O–H groups in total. The van der Waals surface area contributed by atoms with Crippen LogP contribution in [0.2, 0.25) is 0 Å². The smallest absolute Gasteiger partial charge is 0.488 e. The third kappa shape index (κ3) is 13.9. The SMILES string of the molecule is COC(=O)Nc1nn(C2(CC#N)CCN(Cc3c(F)cc(-c4ccccc4)c(O)c3F)CC2F)cc1C(N)=O.COC(=O)Nc1nn(C2(CC#N)CCN(Cc3c(F)cc(Br)c(O)c3F)CC2F)cc1C(N)=O.OB(O)c1ccccc1. The normalized spacial score (nSPS) is 18.7. The minimum absolute atomic E-state index is 0.00953. The number of aromatic nitrogens is 4. The number of nitriles is 2. The van der Waals surface area contributed by atoms with Gasteiger partial charge in [0.05, 0.1) is 43.7 Å². The number of likely N-dealkylation sites (tertiary alicyclic amines) is 2. The number of alkyl halides is 2. The molecular formula is C52H52BBrF6N12O10. The molecule has 6 aromatic rings. The second-order valence-corrected chi connectivity index (χ2v) is 19.4. The lowest BCUT2D eigenvalue weighted by Gasteiger charge is -2.43. The quantitative estimate of drug-likeness (QED) is 0.0473. The molecule has 2 saturated heterocycles. The van der Waals surface area contributed by atoms with Gasteiger partial charge in [-0.2, -0.15) is 20.7 Å². The van der Waals surface area contributed by atoms with E-state index < -0.39 is 100 Å². The topological polar surface area (TPSA) is 333 Å². The number of nitrogens with two attached hydrogens (primary N) is 2. The summed E-state index contributed by atoms with van der Waals surface area (Å²) in [7, 11) is 0.852. The molecule has 2 aliphatic heterocycles. The van der Waals surface area contributed by atoms with Gasteiger partial charge >= 0.3 is 19.3 Å². The van der Waals surface area contributed by atoms with Crippen LogP contribution in [0.15, 0.2) is 89.7 Å². The summed E-state index contributed by atoms with van der Waals surface area (Å²) in [6, 6.07) is 22.7. The molecule has 30 heteroatoms. The van der Waals surface area contributed by atoms with E-state index in [-0.39, 0.29) is 97.8 Å². The number of primary amides is 2. The second kappa shape index (κ2) is 27.2. The van der Waals surface area contributed by atoms with Crippen LogP contribution < -0.4 is 27.6 Å². The molecule has 2 aliphatic rings. The summed E-state index contributed by atoms with van der Waals surface area (Å²) in [5.74, 6) is -8.01. The van der Waals surface area contributed by atoms with Crippen LogP contribution in [0.3, 0.4) is 0 Å². The highest BCUT2D eigenvalue weighted by atomic mass is 79.9. The van der Waals surface area contributed by atoms with E-state index in [1.165, 1.54) is 9.80 Å². The molecule has 2 aromatic heterocycles. The third-order valence-corrected chi connectivity index (χ3v) is 14.3. The van der Waals surface area contributed by atoms with Crippen molar-refractivity contribution < 1.29 is 75.3 Å². The number of methoxy groups -OCH3 is 2. The molecule has 4 unspecified atom stereocenters. The minimum atomic E-state index is -1.78. The fourth-order valence-electron chi connectivity index (χ4n) is 9.14. The molecule has 0 bridgehead atoms. The van der Waals surface area contributed by atoms with Gasteiger partial charge in [-0.1, -0.05) is 60.7 Å². The second-order valence-electron chi connectivity index (χ2n) is 18.6. The first kappa shape index (κ1) is 62.5. The standard InChI is InChI=1S/C26H25F3N6O4.C20H20BrF3N6O4.C6H7BO2/c1-39-25(38)32-24-18(23(31)37)13-35(33-24)26(7-9-30)8-10-34(14-20(26)28)12-17-19(27)11-16(22(36)21(17)29)15-5-3-2-4-6-15;1-34-19(33)27-18-11(17(26)32)8-30(28-18)20(2-4-25)3-5-29(9-14(20)23)7-10-13(22)6-12(21)16(31)15(10)24;8-7(9)6-4-2-1-3-5-6/h2-6,11,13,20,36H,7-8,10,12,14H2,1H3,(H2,31,37)(H,32,33,38);6,8,14,31H,2-3,5,7,9H2,1H3,(H2,26,32)(H,27,28,33);1-5,8-9H. The van der Waals surface area contributed by atoms with E-state index in [1.54, 1.807) is 54.6 Å². The van der Waals surface area contributed by atoms with Gasteiger partial charge < -0.3 is 41.2 Å². The predicted molar refractivity (Wildman–Crippen MR) is 285 cm³/mol. The zero-order chi connectivity index (χ0) is 60.2. The van der Waals surface area contributed by atoms with Gasteiger partial charge in [-0.25, -0.2) is 35.9 Å². The van der Waals surface area contributed by atoms with Crippen LogP contribution in [-0.4, -0.2) is 133 Å². The number of phenols is 2. The molecule has 432 valence electrons. The number of anilines is 2. The lowest BCUT2D eigenvalue weighted by Crippen LogP contribution is -2.54. The predicted octanol–water partition coefficient (Wildman–Crippen LogP) is 5.79. The molecule has 2 fully saturated rings. The van der Waals surface area contributed by atoms with Crippen molar-refractivity contribution in [2.75, 3.05) is 51.0 Å². The summed E-state index contributed by atoms with van der Waals surface area (Å²) in [4.78, 5) is 49.9. The first-order chi connectivity index (χ1) is 38.9. The van der Waals surface area contributed by atoms with Gasteiger partial charge in [0.2, 0.25) is 0 Å². The van der Waals surface area contributed by atoms with Gasteiger partial charge in [0.1, 0.15) is 46.2 Å². The fourth-order valence-corrected chi connectivity index (χ4v) is 9.52. The fraction of sp³-hybridized carbons (Fsp3) is 0.308. The van der Waals surface area contributed by atoms with E-state index in [1.807, 2.05) is 18.2 Å². The monoisotopic (exact) mass is 1210 g/mol. The Bertz CT molecular complexity index is 3390. The number of rotatable bonds is 14. The van der Waals surface area contributed by atoms with Gasteiger partial charge in [-0.05, 0) is 51.9 Å². The molecule has 4 atom stereocenters. The van der Waals surface area contributed by atoms with E-state index in [9.17, 15) is 48.7 Å². The van der Waals surface area contributed by atoms with Crippen LogP contribution in [-0.2, 0) is 33.6 Å². The Morgan fingerprint density at radius 1 is 0.720 bits per heavy atom. The largest absolute Gasteiger partial charge is 0.504 e. The van der Waals surface area contributed by atoms with Crippen LogP contribution in [0.25, 0.3) is 11.1 Å². The van der Waals surface area contributed by atoms with Crippen molar-refractivity contribution >= 4 is 64.1 Å². The molecule has 0 aliphatic carbocycles. The lowest BCUT2D eigenvalue weighted by atomic mass is 9.81. The Balaban J connectivity index is 0.000000230. The van der Waals surface area contributed by atoms with Gasteiger partial charge in [0.25, 0.3) is 11.8 Å². The summed E-state index contributed by atoms with van der Waals surface area (Å²) in [5.41, 5.74) is 7.29. The number of ether oxygens (including phenoxy) is 2. The number of nitrogens with one attached hydrogen (secondary N) is 2. The third-order valence-electron chi connectivity index (χ3n) is 13.7. The van der Waals surface area contributed by atoms with Gasteiger partial charge in [-0.3, -0.25) is 39.4 Å². The van der Waals surface area contributed by atoms with E-state index in [0.29, 0.717) is 11.0 Å². The number of piperidine rings is 2. The average molecular weight is 1210 g/mol. The Labute approximate surface area is 472 Å². The molecule has 4 heterocycles. The average Bonchev–Trinajstić information content (AvgIpc) is 4.11. The highest BCUT2D eigenvalue weighted by molar-refractivity contribution is 9.10. The van der Waals surface area contributed by atoms with Crippen LogP contribution in [0, 0.1) is 45.9 Å². The van der Waals surface area contributed by atoms with Crippen molar-refractivity contribution in [3.63, 3.8) is 0 Å². The van der Waals surface area contributed by atoms with Gasteiger partial charge in [0, 0.05) is 68.4 Å². The Morgan fingerprint density at radius 3 is 1.51 bits per heavy atom. The first-order valence-electron chi connectivity index (χ1n) is 24.4. The summed E-state index contributed by atoms with van der Waals surface area (Å²) in [6.45, 7) is -1.15. The number of aromatic hydroxyl groups is 2. The maximum absolute atomic E-state index is 15.8. The number of carbonyl (C=O) groups excluding carboxylic acids is 4. The number of nitrogens with zero attached hydrogens (tertiary/aromatic N) is 8. The molecule has 82 heavy (non-hydrogen) atoms. The van der Waals surface area contributed by atoms with E-state index in [0.717, 1.165) is 48.1 Å². The minimum Gasteiger partial charge on any atom is -0.504 e. The number of benzene rings is 4. The summed E-state index contributed by atoms with van der Waals surface area (Å²) >= 11 is 2.85. The van der Waals surface area contributed by atoms with Crippen molar-refractivity contribution in [1.29, 1.82) is 10.5 Å². The van der Waals surface area contributed by atoms with Gasteiger partial charge in [-0.15, -0.1) is 0 Å². The number of carbonyl (C=O) groups is 4. The highest BCUT2D eigenvalue weighted by Crippen LogP contribution is 2.41. The molecule has 22 nitrogen and oxygen atoms in total. The molecule has 0 radical (unpaired) electrons. The maximum Gasteiger partial charge on any atom is 0.488 e. The molecule has 0 spiro atoms. The summed E-state index contributed by atoms with van der Waals surface area (Å²) in [5, 5.41) is 68.8. The summed E-state index contributed by atoms with van der Waals surface area (Å²) in [6.07, 6.45) is -3.88. The number of phenolic OH excluding ortho intramolecular Hbond substituents is 2. The highest BCUT2D eigenvalue weighted by Gasteiger charge is 2.48. The van der Waals surface area contributed by atoms with E-state index in [2.05, 4.69) is 46.2 Å². The summed E-state index contributed by atoms with van der Waals surface area (Å²) < 4.78 is 101. The van der Waals surface area contributed by atoms with Crippen molar-refractivity contribution in [2.45, 2.75) is 62.2 Å². The molecule has 0 saturated carbocycles. The van der Waals surface area contributed by atoms with E-state index in [4.69, 9.17) is 21.5 Å². The maximum atomic E-state index is 15.8. The van der Waals surface area contributed by atoms with Crippen LogP contribution in [0.4, 0.5) is 47.6 Å². The van der Waals surface area contributed by atoms with Crippen molar-refractivity contribution in [1.82, 2.24) is 29.4 Å². The lowest BCUT2D eigenvalue weighted by molar-refractivity contribution is 0.00617. The van der Waals surface area contributed by atoms with Crippen LogP contribution >= 0.6 is 15.9 Å². The van der Waals surface area contributed by atoms with E-state index >= 15 is 17.6 Å². The van der Waals surface area contributed by atoms with Gasteiger partial charge in [0.15, 0.2) is 34.8 Å². The Hall–Kier alpha value is -8.68. The Kier molecular flexibility index (Phi) is 20.7. The number of amides is 4. The van der Waals surface area contributed by atoms with Crippen LogP contribution in [0.5, 0.6) is 11.5 Å². The van der Waals surface area contributed by atoms with Crippen molar-refractivity contribution in [3.8, 4) is 34.8 Å². The number of hydrogen-bond acceptors (Lipinski definition) is 16. The van der Waals surface area contributed by atoms with Crippen molar-refractivity contribution in [3.05, 3.63) is 135 Å². The molecule has 4 aromatic carbocycles.